The molecule has 0 aliphatic carbocycles. The lowest BCUT2D eigenvalue weighted by Gasteiger charge is -2.06. The quantitative estimate of drug-likeness (QED) is 0.742. The molecule has 0 radical (unpaired) electrons. The molecule has 0 spiro atoms. The van der Waals surface area contributed by atoms with Crippen molar-refractivity contribution in [1.29, 1.82) is 0 Å². The number of aliphatic carboxylic acids is 1. The molecule has 1 aromatic heterocycles. The van der Waals surface area contributed by atoms with Crippen molar-refractivity contribution in [2.75, 3.05) is 6.54 Å². The van der Waals surface area contributed by atoms with Gasteiger partial charge in [0.15, 0.2) is 0 Å². The van der Waals surface area contributed by atoms with E-state index in [-0.39, 0.29) is 6.54 Å². The summed E-state index contributed by atoms with van der Waals surface area (Å²) in [6.07, 6.45) is 0. The number of rotatable bonds is 3. The van der Waals surface area contributed by atoms with E-state index in [1.807, 2.05) is 55.5 Å². The Morgan fingerprint density at radius 3 is 2.64 bits per heavy atom. The van der Waals surface area contributed by atoms with Crippen molar-refractivity contribution in [2.24, 2.45) is 4.99 Å². The molecule has 0 aliphatic rings. The maximum absolute atomic E-state index is 10.7. The molecule has 1 heterocycles. The van der Waals surface area contributed by atoms with Gasteiger partial charge in [-0.2, -0.15) is 0 Å². The number of nitrogens with zero attached hydrogens (tertiary/aromatic N) is 1. The van der Waals surface area contributed by atoms with Gasteiger partial charge in [-0.15, -0.1) is 0 Å². The Morgan fingerprint density at radius 1 is 1.14 bits per heavy atom. The lowest BCUT2D eigenvalue weighted by atomic mass is 10.1. The van der Waals surface area contributed by atoms with Crippen molar-refractivity contribution < 1.29 is 14.3 Å². The van der Waals surface area contributed by atoms with E-state index in [1.165, 1.54) is 0 Å². The second kappa shape index (κ2) is 5.85. The molecule has 0 saturated heterocycles. The van der Waals surface area contributed by atoms with E-state index in [0.717, 1.165) is 16.5 Å². The first-order chi connectivity index (χ1) is 10.6. The summed E-state index contributed by atoms with van der Waals surface area (Å²) in [5, 5.41) is 12.1. The summed E-state index contributed by atoms with van der Waals surface area (Å²) in [6.45, 7) is 1.59. The van der Waals surface area contributed by atoms with Crippen molar-refractivity contribution >= 4 is 16.9 Å². The van der Waals surface area contributed by atoms with E-state index in [4.69, 9.17) is 4.42 Å². The van der Waals surface area contributed by atoms with Crippen molar-refractivity contribution in [3.63, 3.8) is 0 Å². The highest BCUT2D eigenvalue weighted by Gasteiger charge is 2.05. The highest BCUT2D eigenvalue weighted by molar-refractivity contribution is 5.79. The van der Waals surface area contributed by atoms with E-state index >= 15 is 0 Å². The van der Waals surface area contributed by atoms with Gasteiger partial charge in [0.25, 0.3) is 0 Å². The third-order valence-corrected chi connectivity index (χ3v) is 3.34. The van der Waals surface area contributed by atoms with E-state index in [9.17, 15) is 9.90 Å². The molecular formula is C18H14NO3-. The van der Waals surface area contributed by atoms with Crippen LogP contribution in [0.15, 0.2) is 64.0 Å². The summed E-state index contributed by atoms with van der Waals surface area (Å²) in [6, 6.07) is 17.1. The number of hydrogen-bond donors (Lipinski definition) is 0. The molecule has 0 unspecified atom stereocenters. The van der Waals surface area contributed by atoms with Gasteiger partial charge >= 0.3 is 0 Å². The number of carbonyl (C=O) groups excluding carboxylic acids is 1. The van der Waals surface area contributed by atoms with Crippen LogP contribution in [-0.2, 0) is 4.79 Å². The molecular weight excluding hydrogens is 278 g/mol. The minimum absolute atomic E-state index is 0.374. The van der Waals surface area contributed by atoms with Gasteiger partial charge < -0.3 is 14.3 Å². The molecule has 3 rings (SSSR count). The molecule has 0 atom stereocenters. The maximum atomic E-state index is 10.7. The van der Waals surface area contributed by atoms with E-state index in [1.54, 1.807) is 6.07 Å². The van der Waals surface area contributed by atoms with Gasteiger partial charge in [-0.3, -0.25) is 4.99 Å². The van der Waals surface area contributed by atoms with Crippen molar-refractivity contribution in [3.8, 4) is 11.3 Å². The Morgan fingerprint density at radius 2 is 1.91 bits per heavy atom. The first kappa shape index (κ1) is 14.1. The van der Waals surface area contributed by atoms with Crippen LogP contribution in [0.3, 0.4) is 0 Å². The zero-order chi connectivity index (χ0) is 15.5. The molecule has 2 aromatic carbocycles. The predicted octanol–water partition coefficient (Wildman–Crippen LogP) is 2.06. The van der Waals surface area contributed by atoms with Gasteiger partial charge in [0.05, 0.1) is 17.9 Å². The van der Waals surface area contributed by atoms with Gasteiger partial charge in [0.2, 0.25) is 0 Å². The van der Waals surface area contributed by atoms with Crippen LogP contribution in [0.1, 0.15) is 5.56 Å². The smallest absolute Gasteiger partial charge is 0.136 e. The van der Waals surface area contributed by atoms with Crippen molar-refractivity contribution in [3.05, 3.63) is 65.5 Å². The monoisotopic (exact) mass is 292 g/mol. The number of carbonyl (C=O) groups is 1. The summed E-state index contributed by atoms with van der Waals surface area (Å²) in [4.78, 5) is 14.8. The van der Waals surface area contributed by atoms with Crippen LogP contribution < -0.4 is 10.5 Å². The van der Waals surface area contributed by atoms with Crippen molar-refractivity contribution in [1.82, 2.24) is 0 Å². The van der Waals surface area contributed by atoms with Crippen LogP contribution >= 0.6 is 0 Å². The third-order valence-electron chi connectivity index (χ3n) is 3.34. The number of hydrogen-bond acceptors (Lipinski definition) is 4. The van der Waals surface area contributed by atoms with Crippen molar-refractivity contribution in [2.45, 2.75) is 6.92 Å². The average molecular weight is 292 g/mol. The molecule has 0 amide bonds. The van der Waals surface area contributed by atoms with Gasteiger partial charge in [0, 0.05) is 17.0 Å². The zero-order valence-electron chi connectivity index (χ0n) is 12.1. The number of aryl methyl sites for hydroxylation is 1. The Hall–Kier alpha value is -2.88. The first-order valence-corrected chi connectivity index (χ1v) is 6.94. The molecule has 22 heavy (non-hydrogen) atoms. The Labute approximate surface area is 127 Å². The topological polar surface area (TPSA) is 65.6 Å². The molecule has 4 nitrogen and oxygen atoms in total. The molecule has 0 N–H and O–H groups in total. The second-order valence-corrected chi connectivity index (χ2v) is 5.05. The van der Waals surface area contributed by atoms with E-state index in [2.05, 4.69) is 4.99 Å². The molecule has 110 valence electrons. The molecule has 0 bridgehead atoms. The Kier molecular flexibility index (Phi) is 3.74. The van der Waals surface area contributed by atoms with Crippen LogP contribution in [-0.4, -0.2) is 12.5 Å². The molecule has 0 aliphatic heterocycles. The highest BCUT2D eigenvalue weighted by atomic mass is 16.4. The maximum Gasteiger partial charge on any atom is 0.136 e. The van der Waals surface area contributed by atoms with Crippen LogP contribution in [0.4, 0.5) is 0 Å². The minimum atomic E-state index is -1.21. The van der Waals surface area contributed by atoms with Crippen LogP contribution in [0.5, 0.6) is 0 Å². The molecule has 0 fully saturated rings. The normalized spacial score (nSPS) is 11.8. The summed E-state index contributed by atoms with van der Waals surface area (Å²) in [5.41, 5.74) is 2.64. The summed E-state index contributed by atoms with van der Waals surface area (Å²) < 4.78 is 5.93. The predicted molar refractivity (Wildman–Crippen MR) is 81.8 cm³/mol. The fourth-order valence-electron chi connectivity index (χ4n) is 2.31. The SMILES string of the molecule is Cc1ccc2oc(-c3ccccc3)cc(=NCC(=O)[O-])c2c1. The fourth-order valence-corrected chi connectivity index (χ4v) is 2.31. The van der Waals surface area contributed by atoms with Gasteiger partial charge in [-0.25, -0.2) is 0 Å². The summed E-state index contributed by atoms with van der Waals surface area (Å²) >= 11 is 0. The molecule has 4 heteroatoms. The highest BCUT2D eigenvalue weighted by Crippen LogP contribution is 2.22. The largest absolute Gasteiger partial charge is 0.548 e. The van der Waals surface area contributed by atoms with Crippen LogP contribution in [0.25, 0.3) is 22.3 Å². The second-order valence-electron chi connectivity index (χ2n) is 5.05. The summed E-state index contributed by atoms with van der Waals surface area (Å²) in [7, 11) is 0. The Bertz CT molecular complexity index is 895. The standard InChI is InChI=1S/C18H15NO3/c1-12-7-8-16-14(9-12)15(19-11-18(20)21)10-17(22-16)13-5-3-2-4-6-13/h2-10H,11H2,1H3,(H,20,21)/p-1. The number of carboxylic acid groups (broad SMARTS) is 1. The lowest BCUT2D eigenvalue weighted by molar-refractivity contribution is -0.303. The van der Waals surface area contributed by atoms with Crippen LogP contribution in [0.2, 0.25) is 0 Å². The van der Waals surface area contributed by atoms with Gasteiger partial charge in [-0.1, -0.05) is 42.0 Å². The molecule has 0 saturated carbocycles. The van der Waals surface area contributed by atoms with E-state index in [0.29, 0.717) is 16.7 Å². The van der Waals surface area contributed by atoms with Gasteiger partial charge in [-0.05, 0) is 19.1 Å². The average Bonchev–Trinajstić information content (AvgIpc) is 2.53. The summed E-state index contributed by atoms with van der Waals surface area (Å²) in [5.74, 6) is -0.558. The van der Waals surface area contributed by atoms with Gasteiger partial charge in [0.1, 0.15) is 11.3 Å². The first-order valence-electron chi connectivity index (χ1n) is 6.94. The third kappa shape index (κ3) is 2.91. The zero-order valence-corrected chi connectivity index (χ0v) is 12.1. The van der Waals surface area contributed by atoms with E-state index < -0.39 is 5.97 Å². The Balaban J connectivity index is 2.27. The minimum Gasteiger partial charge on any atom is -0.548 e. The number of carboxylic acids is 1. The molecule has 3 aromatic rings. The number of fused-ring (bicyclic) bond motifs is 1. The number of benzene rings is 2. The van der Waals surface area contributed by atoms with Crippen LogP contribution in [0, 0.1) is 6.92 Å². The fraction of sp³-hybridized carbons (Fsp3) is 0.111. The lowest BCUT2D eigenvalue weighted by Crippen LogP contribution is -2.26.